The summed E-state index contributed by atoms with van der Waals surface area (Å²) < 4.78 is 73.2. The van der Waals surface area contributed by atoms with Gasteiger partial charge in [0.15, 0.2) is 11.5 Å². The standard InChI is InChI=1S/C11H11F5N2O4/c1-21-7-3-5(6(18(19)20)4-8(7)22-2)9(17)10(12,13)11(14,15)16/h3-4,9H,17H2,1-2H3/t9-/m1/s1. The number of ether oxygens (including phenoxy) is 2. The number of nitrogens with zero attached hydrogens (tertiary/aromatic N) is 1. The Bertz CT molecular complexity index is 576. The van der Waals surface area contributed by atoms with Gasteiger partial charge in [0.1, 0.15) is 6.04 Å². The van der Waals surface area contributed by atoms with Gasteiger partial charge in [0.05, 0.1) is 30.8 Å². The molecule has 11 heteroatoms. The highest BCUT2D eigenvalue weighted by atomic mass is 19.4. The molecule has 0 fully saturated rings. The van der Waals surface area contributed by atoms with E-state index in [1.54, 1.807) is 0 Å². The molecule has 2 N–H and O–H groups in total. The van der Waals surface area contributed by atoms with Crippen LogP contribution in [0.3, 0.4) is 0 Å². The summed E-state index contributed by atoms with van der Waals surface area (Å²) in [6, 6.07) is -1.69. The third kappa shape index (κ3) is 3.03. The maximum absolute atomic E-state index is 13.3. The van der Waals surface area contributed by atoms with Crippen molar-refractivity contribution < 1.29 is 36.3 Å². The van der Waals surface area contributed by atoms with Crippen molar-refractivity contribution in [3.05, 3.63) is 27.8 Å². The molecule has 0 saturated heterocycles. The SMILES string of the molecule is COc1cc([C@@H](N)C(F)(F)C(F)(F)F)c([N+](=O)[O-])cc1OC. The van der Waals surface area contributed by atoms with Crippen molar-refractivity contribution >= 4 is 5.69 Å². The van der Waals surface area contributed by atoms with Crippen LogP contribution in [0.25, 0.3) is 0 Å². The zero-order valence-electron chi connectivity index (χ0n) is 11.3. The van der Waals surface area contributed by atoms with Gasteiger partial charge in [-0.1, -0.05) is 0 Å². The number of alkyl halides is 5. The van der Waals surface area contributed by atoms with E-state index in [9.17, 15) is 32.1 Å². The summed E-state index contributed by atoms with van der Waals surface area (Å²) in [5.41, 5.74) is 2.89. The average Bonchev–Trinajstić information content (AvgIpc) is 2.43. The Hall–Kier alpha value is -2.17. The Morgan fingerprint density at radius 1 is 1.14 bits per heavy atom. The number of halogens is 5. The Morgan fingerprint density at radius 3 is 1.95 bits per heavy atom. The van der Waals surface area contributed by atoms with Crippen molar-refractivity contribution in [1.82, 2.24) is 0 Å². The van der Waals surface area contributed by atoms with E-state index in [4.69, 9.17) is 15.2 Å². The molecule has 1 rings (SSSR count). The lowest BCUT2D eigenvalue weighted by Crippen LogP contribution is -2.46. The number of rotatable bonds is 5. The summed E-state index contributed by atoms with van der Waals surface area (Å²) in [6.07, 6.45) is -5.96. The topological polar surface area (TPSA) is 87.6 Å². The minimum atomic E-state index is -5.96. The van der Waals surface area contributed by atoms with Gasteiger partial charge < -0.3 is 15.2 Å². The van der Waals surface area contributed by atoms with E-state index in [-0.39, 0.29) is 11.5 Å². The fourth-order valence-corrected chi connectivity index (χ4v) is 1.66. The first-order chi connectivity index (χ1) is 9.97. The molecule has 0 amide bonds. The van der Waals surface area contributed by atoms with Gasteiger partial charge in [0.2, 0.25) is 0 Å². The fourth-order valence-electron chi connectivity index (χ4n) is 1.66. The molecule has 0 spiro atoms. The van der Waals surface area contributed by atoms with Gasteiger partial charge in [-0.15, -0.1) is 0 Å². The van der Waals surface area contributed by atoms with Crippen LogP contribution in [-0.4, -0.2) is 31.2 Å². The zero-order valence-corrected chi connectivity index (χ0v) is 11.3. The molecule has 6 nitrogen and oxygen atoms in total. The molecule has 124 valence electrons. The lowest BCUT2D eigenvalue weighted by molar-refractivity contribution is -0.386. The molecular weight excluding hydrogens is 319 g/mol. The van der Waals surface area contributed by atoms with Crippen LogP contribution in [0, 0.1) is 10.1 Å². The quantitative estimate of drug-likeness (QED) is 0.509. The number of hydrogen-bond donors (Lipinski definition) is 1. The number of nitrogens with two attached hydrogens (primary N) is 1. The van der Waals surface area contributed by atoms with E-state index in [1.807, 2.05) is 0 Å². The highest BCUT2D eigenvalue weighted by Gasteiger charge is 2.62. The van der Waals surface area contributed by atoms with Crippen molar-refractivity contribution in [3.63, 3.8) is 0 Å². The Morgan fingerprint density at radius 2 is 1.59 bits per heavy atom. The Kier molecular flexibility index (Phi) is 4.80. The minimum Gasteiger partial charge on any atom is -0.493 e. The first kappa shape index (κ1) is 17.9. The van der Waals surface area contributed by atoms with Crippen LogP contribution < -0.4 is 15.2 Å². The van der Waals surface area contributed by atoms with Crippen LogP contribution in [0.5, 0.6) is 11.5 Å². The molecule has 0 aromatic heterocycles. The third-order valence-electron chi connectivity index (χ3n) is 2.83. The number of methoxy groups -OCH3 is 2. The lowest BCUT2D eigenvalue weighted by atomic mass is 9.98. The summed E-state index contributed by atoms with van der Waals surface area (Å²) in [7, 11) is 2.20. The first-order valence-corrected chi connectivity index (χ1v) is 5.57. The number of hydrogen-bond acceptors (Lipinski definition) is 5. The van der Waals surface area contributed by atoms with Gasteiger partial charge in [-0.2, -0.15) is 22.0 Å². The van der Waals surface area contributed by atoms with Gasteiger partial charge in [-0.05, 0) is 6.07 Å². The van der Waals surface area contributed by atoms with Crippen molar-refractivity contribution in [3.8, 4) is 11.5 Å². The van der Waals surface area contributed by atoms with Crippen LogP contribution in [0.2, 0.25) is 0 Å². The molecule has 1 aromatic carbocycles. The number of nitro groups is 1. The van der Waals surface area contributed by atoms with Crippen LogP contribution in [0.15, 0.2) is 12.1 Å². The van der Waals surface area contributed by atoms with Gasteiger partial charge >= 0.3 is 12.1 Å². The van der Waals surface area contributed by atoms with Crippen LogP contribution >= 0.6 is 0 Å². The maximum atomic E-state index is 13.3. The Labute approximate surface area is 120 Å². The van der Waals surface area contributed by atoms with Crippen molar-refractivity contribution in [2.75, 3.05) is 14.2 Å². The predicted molar refractivity (Wildman–Crippen MR) is 64.1 cm³/mol. The second-order valence-corrected chi connectivity index (χ2v) is 4.12. The monoisotopic (exact) mass is 330 g/mol. The van der Waals surface area contributed by atoms with Gasteiger partial charge in [-0.3, -0.25) is 10.1 Å². The lowest BCUT2D eigenvalue weighted by Gasteiger charge is -2.26. The summed E-state index contributed by atoms with van der Waals surface area (Å²) in [4.78, 5) is 9.76. The first-order valence-electron chi connectivity index (χ1n) is 5.57. The molecule has 0 unspecified atom stereocenters. The number of nitro benzene ring substituents is 1. The molecule has 0 aliphatic heterocycles. The van der Waals surface area contributed by atoms with Gasteiger partial charge in [0, 0.05) is 0 Å². The van der Waals surface area contributed by atoms with Crippen molar-refractivity contribution in [2.24, 2.45) is 5.73 Å². The third-order valence-corrected chi connectivity index (χ3v) is 2.83. The van der Waals surface area contributed by atoms with Crippen LogP contribution in [0.4, 0.5) is 27.6 Å². The molecule has 0 radical (unpaired) electrons. The van der Waals surface area contributed by atoms with Crippen molar-refractivity contribution in [2.45, 2.75) is 18.1 Å². The molecule has 0 aliphatic carbocycles. The van der Waals surface area contributed by atoms with E-state index in [0.717, 1.165) is 14.2 Å². The molecule has 22 heavy (non-hydrogen) atoms. The van der Waals surface area contributed by atoms with E-state index in [2.05, 4.69) is 0 Å². The molecule has 1 atom stereocenters. The summed E-state index contributed by atoms with van der Waals surface area (Å²) >= 11 is 0. The normalized spacial score (nSPS) is 13.6. The van der Waals surface area contributed by atoms with E-state index in [0.29, 0.717) is 12.1 Å². The molecule has 0 heterocycles. The predicted octanol–water partition coefficient (Wildman–Crippen LogP) is 2.81. The zero-order chi connectivity index (χ0) is 17.3. The van der Waals surface area contributed by atoms with E-state index >= 15 is 0 Å². The molecular formula is C11H11F5N2O4. The second-order valence-electron chi connectivity index (χ2n) is 4.12. The number of benzene rings is 1. The summed E-state index contributed by atoms with van der Waals surface area (Å²) in [5, 5.41) is 10.9. The second kappa shape index (κ2) is 5.91. The van der Waals surface area contributed by atoms with Crippen LogP contribution in [-0.2, 0) is 0 Å². The maximum Gasteiger partial charge on any atom is 0.455 e. The summed E-state index contributed by atoms with van der Waals surface area (Å²) in [6.45, 7) is 0. The smallest absolute Gasteiger partial charge is 0.455 e. The van der Waals surface area contributed by atoms with Gasteiger partial charge in [-0.25, -0.2) is 0 Å². The van der Waals surface area contributed by atoms with Crippen LogP contribution in [0.1, 0.15) is 11.6 Å². The van der Waals surface area contributed by atoms with E-state index in [1.165, 1.54) is 0 Å². The van der Waals surface area contributed by atoms with Gasteiger partial charge in [0.25, 0.3) is 5.69 Å². The average molecular weight is 330 g/mol. The molecule has 0 aliphatic rings. The highest BCUT2D eigenvalue weighted by molar-refractivity contribution is 5.55. The highest BCUT2D eigenvalue weighted by Crippen LogP contribution is 2.47. The Balaban J connectivity index is 3.54. The van der Waals surface area contributed by atoms with E-state index < -0.39 is 34.3 Å². The molecule has 0 bridgehead atoms. The summed E-state index contributed by atoms with van der Waals surface area (Å²) in [5.74, 6) is -5.84. The van der Waals surface area contributed by atoms with Crippen molar-refractivity contribution in [1.29, 1.82) is 0 Å². The molecule has 0 saturated carbocycles. The largest absolute Gasteiger partial charge is 0.493 e. The minimum absolute atomic E-state index is 0.208. The fraction of sp³-hybridized carbons (Fsp3) is 0.455. The molecule has 1 aromatic rings.